The van der Waals surface area contributed by atoms with Crippen molar-refractivity contribution in [3.05, 3.63) is 23.3 Å². The zero-order chi connectivity index (χ0) is 17.8. The summed E-state index contributed by atoms with van der Waals surface area (Å²) >= 11 is 0. The van der Waals surface area contributed by atoms with Crippen LogP contribution in [0.2, 0.25) is 0 Å². The standard InChI is InChI=1S/C15H16N2O6/c1-15(2,7-16)14(21)17-10-6-8(12(19)22-3)5-9(11(10)18)13(20)23-4/h5-6,18H,1-4H3,(H,17,21). The molecule has 0 aliphatic rings. The summed E-state index contributed by atoms with van der Waals surface area (Å²) in [7, 11) is 2.24. The molecule has 0 atom stereocenters. The molecule has 1 rings (SSSR count). The molecule has 0 radical (unpaired) electrons. The van der Waals surface area contributed by atoms with Gasteiger partial charge in [0.1, 0.15) is 11.0 Å². The van der Waals surface area contributed by atoms with E-state index in [-0.39, 0.29) is 16.8 Å². The van der Waals surface area contributed by atoms with E-state index in [1.807, 2.05) is 0 Å². The molecular formula is C15H16N2O6. The molecule has 1 aromatic rings. The predicted molar refractivity (Wildman–Crippen MR) is 78.8 cm³/mol. The lowest BCUT2D eigenvalue weighted by atomic mass is 9.94. The van der Waals surface area contributed by atoms with Gasteiger partial charge < -0.3 is 19.9 Å². The summed E-state index contributed by atoms with van der Waals surface area (Å²) in [6.45, 7) is 2.76. The summed E-state index contributed by atoms with van der Waals surface area (Å²) in [4.78, 5) is 35.4. The van der Waals surface area contributed by atoms with E-state index in [9.17, 15) is 19.5 Å². The van der Waals surface area contributed by atoms with Gasteiger partial charge in [0, 0.05) is 0 Å². The van der Waals surface area contributed by atoms with Gasteiger partial charge >= 0.3 is 11.9 Å². The molecule has 0 saturated carbocycles. The molecule has 1 aromatic carbocycles. The fourth-order valence-electron chi connectivity index (χ4n) is 1.56. The van der Waals surface area contributed by atoms with Gasteiger partial charge in [0.15, 0.2) is 5.75 Å². The average Bonchev–Trinajstić information content (AvgIpc) is 2.54. The molecule has 0 spiro atoms. The van der Waals surface area contributed by atoms with Gasteiger partial charge in [0.25, 0.3) is 0 Å². The molecule has 0 fully saturated rings. The topological polar surface area (TPSA) is 126 Å². The van der Waals surface area contributed by atoms with E-state index in [1.165, 1.54) is 13.8 Å². The van der Waals surface area contributed by atoms with Crippen LogP contribution in [-0.2, 0) is 14.3 Å². The van der Waals surface area contributed by atoms with Gasteiger partial charge in [-0.2, -0.15) is 5.26 Å². The summed E-state index contributed by atoms with van der Waals surface area (Å²) in [5.74, 6) is -2.96. The largest absolute Gasteiger partial charge is 0.505 e. The molecule has 0 aliphatic heterocycles. The molecule has 0 bridgehead atoms. The Hall–Kier alpha value is -3.08. The molecule has 0 saturated heterocycles. The first kappa shape index (κ1) is 18.0. The Labute approximate surface area is 132 Å². The molecule has 8 heteroatoms. The molecular weight excluding hydrogens is 304 g/mol. The van der Waals surface area contributed by atoms with Crippen molar-refractivity contribution in [2.75, 3.05) is 19.5 Å². The maximum Gasteiger partial charge on any atom is 0.341 e. The van der Waals surface area contributed by atoms with E-state index in [1.54, 1.807) is 6.07 Å². The molecule has 122 valence electrons. The number of methoxy groups -OCH3 is 2. The van der Waals surface area contributed by atoms with Crippen molar-refractivity contribution in [2.24, 2.45) is 5.41 Å². The number of ether oxygens (including phenoxy) is 2. The minimum absolute atomic E-state index is 0.0734. The fraction of sp³-hybridized carbons (Fsp3) is 0.333. The second-order valence-electron chi connectivity index (χ2n) is 5.09. The third kappa shape index (κ3) is 3.77. The molecule has 23 heavy (non-hydrogen) atoms. The molecule has 2 N–H and O–H groups in total. The number of nitriles is 1. The van der Waals surface area contributed by atoms with Crippen LogP contribution in [0, 0.1) is 16.7 Å². The Morgan fingerprint density at radius 2 is 1.74 bits per heavy atom. The second-order valence-corrected chi connectivity index (χ2v) is 5.09. The number of benzene rings is 1. The highest BCUT2D eigenvalue weighted by Gasteiger charge is 2.29. The van der Waals surface area contributed by atoms with Gasteiger partial charge in [-0.3, -0.25) is 4.79 Å². The Balaban J connectivity index is 3.41. The van der Waals surface area contributed by atoms with E-state index >= 15 is 0 Å². The zero-order valence-electron chi connectivity index (χ0n) is 13.1. The van der Waals surface area contributed by atoms with Crippen molar-refractivity contribution in [1.29, 1.82) is 5.26 Å². The Morgan fingerprint density at radius 3 is 2.22 bits per heavy atom. The SMILES string of the molecule is COC(=O)c1cc(NC(=O)C(C)(C)C#N)c(O)c(C(=O)OC)c1. The summed E-state index contributed by atoms with van der Waals surface area (Å²) in [5, 5.41) is 21.4. The Bertz CT molecular complexity index is 703. The maximum atomic E-state index is 12.0. The zero-order valence-corrected chi connectivity index (χ0v) is 13.1. The van der Waals surface area contributed by atoms with Crippen molar-refractivity contribution < 1.29 is 29.0 Å². The number of nitrogens with zero attached hydrogens (tertiary/aromatic N) is 1. The van der Waals surface area contributed by atoms with Gasteiger partial charge in [-0.15, -0.1) is 0 Å². The van der Waals surface area contributed by atoms with Crippen LogP contribution in [0.15, 0.2) is 12.1 Å². The lowest BCUT2D eigenvalue weighted by Crippen LogP contribution is -2.29. The number of rotatable bonds is 4. The highest BCUT2D eigenvalue weighted by molar-refractivity contribution is 6.04. The number of phenols is 1. The van der Waals surface area contributed by atoms with Crippen LogP contribution in [0.25, 0.3) is 0 Å². The molecule has 8 nitrogen and oxygen atoms in total. The number of nitrogens with one attached hydrogen (secondary N) is 1. The first-order valence-corrected chi connectivity index (χ1v) is 6.44. The quantitative estimate of drug-likeness (QED) is 0.635. The van der Waals surface area contributed by atoms with Gasteiger partial charge in [0.05, 0.1) is 31.5 Å². The number of esters is 2. The van der Waals surface area contributed by atoms with E-state index < -0.39 is 29.0 Å². The van der Waals surface area contributed by atoms with E-state index in [0.29, 0.717) is 0 Å². The van der Waals surface area contributed by atoms with Crippen LogP contribution in [0.5, 0.6) is 5.75 Å². The average molecular weight is 320 g/mol. The van der Waals surface area contributed by atoms with Crippen molar-refractivity contribution in [3.63, 3.8) is 0 Å². The summed E-state index contributed by atoms with van der Waals surface area (Å²) in [6.07, 6.45) is 0. The number of phenolic OH excluding ortho intramolecular Hbond substituents is 1. The minimum Gasteiger partial charge on any atom is -0.505 e. The third-order valence-electron chi connectivity index (χ3n) is 3.03. The highest BCUT2D eigenvalue weighted by Crippen LogP contribution is 2.31. The van der Waals surface area contributed by atoms with Gasteiger partial charge in [-0.1, -0.05) is 0 Å². The number of carbonyl (C=O) groups excluding carboxylic acids is 3. The van der Waals surface area contributed by atoms with Crippen LogP contribution in [0.3, 0.4) is 0 Å². The first-order chi connectivity index (χ1) is 10.7. The molecule has 0 unspecified atom stereocenters. The maximum absolute atomic E-state index is 12.0. The number of aromatic hydroxyl groups is 1. The molecule has 0 aromatic heterocycles. The van der Waals surface area contributed by atoms with Crippen molar-refractivity contribution >= 4 is 23.5 Å². The van der Waals surface area contributed by atoms with Crippen molar-refractivity contribution in [1.82, 2.24) is 0 Å². The number of anilines is 1. The number of carbonyl (C=O) groups is 3. The Kier molecular flexibility index (Phi) is 5.30. The van der Waals surface area contributed by atoms with Gasteiger partial charge in [-0.25, -0.2) is 9.59 Å². The van der Waals surface area contributed by atoms with Crippen LogP contribution in [0.1, 0.15) is 34.6 Å². The van der Waals surface area contributed by atoms with Gasteiger partial charge in [-0.05, 0) is 26.0 Å². The van der Waals surface area contributed by atoms with Crippen LogP contribution < -0.4 is 5.32 Å². The summed E-state index contributed by atoms with van der Waals surface area (Å²) in [6, 6.07) is 4.02. The third-order valence-corrected chi connectivity index (χ3v) is 3.03. The van der Waals surface area contributed by atoms with Crippen LogP contribution in [0.4, 0.5) is 5.69 Å². The lowest BCUT2D eigenvalue weighted by Gasteiger charge is -2.17. The predicted octanol–water partition coefficient (Wildman–Crippen LogP) is 1.45. The van der Waals surface area contributed by atoms with Crippen LogP contribution in [-0.4, -0.2) is 37.2 Å². The molecule has 0 aliphatic carbocycles. The van der Waals surface area contributed by atoms with Gasteiger partial charge in [0.2, 0.25) is 5.91 Å². The number of amides is 1. The highest BCUT2D eigenvalue weighted by atomic mass is 16.5. The van der Waals surface area contributed by atoms with E-state index in [4.69, 9.17) is 5.26 Å². The van der Waals surface area contributed by atoms with Crippen molar-refractivity contribution in [2.45, 2.75) is 13.8 Å². The normalized spacial score (nSPS) is 10.4. The smallest absolute Gasteiger partial charge is 0.341 e. The summed E-state index contributed by atoms with van der Waals surface area (Å²) < 4.78 is 9.07. The lowest BCUT2D eigenvalue weighted by molar-refractivity contribution is -0.121. The first-order valence-electron chi connectivity index (χ1n) is 6.44. The minimum atomic E-state index is -1.38. The Morgan fingerprint density at radius 1 is 1.17 bits per heavy atom. The fourth-order valence-corrected chi connectivity index (χ4v) is 1.56. The summed E-state index contributed by atoms with van der Waals surface area (Å²) in [5.41, 5.74) is -1.98. The number of hydrogen-bond acceptors (Lipinski definition) is 7. The van der Waals surface area contributed by atoms with E-state index in [2.05, 4.69) is 14.8 Å². The van der Waals surface area contributed by atoms with Crippen molar-refractivity contribution in [3.8, 4) is 11.8 Å². The molecule has 0 heterocycles. The number of hydrogen-bond donors (Lipinski definition) is 2. The van der Waals surface area contributed by atoms with Crippen LogP contribution >= 0.6 is 0 Å². The monoisotopic (exact) mass is 320 g/mol. The second kappa shape index (κ2) is 6.79. The molecule has 1 amide bonds. The van der Waals surface area contributed by atoms with E-state index in [0.717, 1.165) is 26.4 Å².